The van der Waals surface area contributed by atoms with Crippen LogP contribution in [0.15, 0.2) is 12.7 Å². The van der Waals surface area contributed by atoms with E-state index in [1.807, 2.05) is 0 Å². The minimum Gasteiger partial charge on any atom is -0.481 e. The molecule has 0 unspecified atom stereocenters. The number of anilines is 1. The zero-order chi connectivity index (χ0) is 18.7. The van der Waals surface area contributed by atoms with Gasteiger partial charge in [-0.2, -0.15) is 0 Å². The van der Waals surface area contributed by atoms with Gasteiger partial charge in [0.05, 0.1) is 12.9 Å². The Morgan fingerprint density at radius 3 is 2.85 bits per heavy atom. The summed E-state index contributed by atoms with van der Waals surface area (Å²) in [6, 6.07) is 0. The van der Waals surface area contributed by atoms with Crippen LogP contribution >= 0.6 is 0 Å². The second-order valence-corrected chi connectivity index (χ2v) is 6.06. The van der Waals surface area contributed by atoms with Crippen molar-refractivity contribution in [3.63, 3.8) is 0 Å². The molecule has 0 amide bonds. The van der Waals surface area contributed by atoms with Crippen LogP contribution < -0.4 is 5.73 Å². The quantitative estimate of drug-likeness (QED) is 0.438. The third-order valence-corrected chi connectivity index (χ3v) is 4.21. The monoisotopic (exact) mass is 367 g/mol. The van der Waals surface area contributed by atoms with Gasteiger partial charge in [-0.25, -0.2) is 15.0 Å². The number of ether oxygens (including phenoxy) is 2. The molecule has 142 valence electrons. The van der Waals surface area contributed by atoms with Crippen molar-refractivity contribution in [2.45, 2.75) is 43.8 Å². The molecule has 26 heavy (non-hydrogen) atoms. The van der Waals surface area contributed by atoms with Crippen molar-refractivity contribution in [1.29, 1.82) is 0 Å². The minimum absolute atomic E-state index is 0.0750. The third-order valence-electron chi connectivity index (χ3n) is 4.21. The molecule has 0 aliphatic carbocycles. The lowest BCUT2D eigenvalue weighted by atomic mass is 10.1. The van der Waals surface area contributed by atoms with E-state index >= 15 is 0 Å². The number of fused-ring (bicyclic) bond motifs is 1. The molecular weight excluding hydrogens is 346 g/mol. The fourth-order valence-corrected chi connectivity index (χ4v) is 2.83. The number of aliphatic hydroxyl groups is 2. The number of aliphatic carboxylic acids is 1. The molecule has 0 radical (unpaired) electrons. The van der Waals surface area contributed by atoms with E-state index in [9.17, 15) is 15.0 Å². The number of nitrogens with two attached hydrogens (primary N) is 1. The molecule has 0 spiro atoms. The number of nitrogen functional groups attached to an aromatic ring is 1. The van der Waals surface area contributed by atoms with E-state index in [1.165, 1.54) is 17.2 Å². The molecule has 1 fully saturated rings. The molecule has 0 aromatic carbocycles. The van der Waals surface area contributed by atoms with Crippen molar-refractivity contribution >= 4 is 23.0 Å². The van der Waals surface area contributed by atoms with Crippen LogP contribution in [0, 0.1) is 0 Å². The Kier molecular flexibility index (Phi) is 5.61. The predicted molar refractivity (Wildman–Crippen MR) is 88.0 cm³/mol. The van der Waals surface area contributed by atoms with Crippen molar-refractivity contribution in [2.75, 3.05) is 18.9 Å². The lowest BCUT2D eigenvalue weighted by Gasteiger charge is -2.16. The highest BCUT2D eigenvalue weighted by atomic mass is 16.6. The van der Waals surface area contributed by atoms with Crippen molar-refractivity contribution in [3.8, 4) is 0 Å². The first-order valence-electron chi connectivity index (χ1n) is 8.23. The zero-order valence-corrected chi connectivity index (χ0v) is 13.9. The van der Waals surface area contributed by atoms with Crippen LogP contribution in [0.5, 0.6) is 0 Å². The Labute approximate surface area is 148 Å². The van der Waals surface area contributed by atoms with Gasteiger partial charge >= 0.3 is 5.97 Å². The number of nitrogens with zero attached hydrogens (tertiary/aromatic N) is 4. The Hall–Kier alpha value is -2.34. The van der Waals surface area contributed by atoms with Gasteiger partial charge in [0.1, 0.15) is 30.2 Å². The summed E-state index contributed by atoms with van der Waals surface area (Å²) in [5.41, 5.74) is 6.52. The summed E-state index contributed by atoms with van der Waals surface area (Å²) in [6.07, 6.45) is -0.0570. The number of carboxylic acids is 1. The van der Waals surface area contributed by atoms with Crippen LogP contribution in [0.4, 0.5) is 5.82 Å². The fourth-order valence-electron chi connectivity index (χ4n) is 2.83. The summed E-state index contributed by atoms with van der Waals surface area (Å²) in [6.45, 7) is 0.421. The SMILES string of the molecule is Nc1ncnc2c1ncn2[C@@H]1O[C@H](COCCCCC(=O)O)[C@@H](O)[C@H]1O. The number of carboxylic acid groups (broad SMARTS) is 1. The summed E-state index contributed by atoms with van der Waals surface area (Å²) in [5.74, 6) is -0.634. The van der Waals surface area contributed by atoms with Gasteiger partial charge in [0.25, 0.3) is 0 Å². The molecule has 1 saturated heterocycles. The smallest absolute Gasteiger partial charge is 0.303 e. The van der Waals surface area contributed by atoms with E-state index in [0.29, 0.717) is 30.6 Å². The van der Waals surface area contributed by atoms with Crippen LogP contribution in [0.1, 0.15) is 25.5 Å². The summed E-state index contributed by atoms with van der Waals surface area (Å²) in [5, 5.41) is 29.1. The summed E-state index contributed by atoms with van der Waals surface area (Å²) in [4.78, 5) is 22.5. The van der Waals surface area contributed by atoms with Gasteiger partial charge in [-0.3, -0.25) is 9.36 Å². The van der Waals surface area contributed by atoms with Gasteiger partial charge in [-0.05, 0) is 12.8 Å². The van der Waals surface area contributed by atoms with E-state index in [0.717, 1.165) is 0 Å². The summed E-state index contributed by atoms with van der Waals surface area (Å²) < 4.78 is 12.7. The summed E-state index contributed by atoms with van der Waals surface area (Å²) >= 11 is 0. The molecule has 1 aliphatic heterocycles. The highest BCUT2D eigenvalue weighted by Gasteiger charge is 2.44. The Morgan fingerprint density at radius 2 is 2.08 bits per heavy atom. The zero-order valence-electron chi connectivity index (χ0n) is 13.9. The van der Waals surface area contributed by atoms with Crippen LogP contribution in [-0.2, 0) is 14.3 Å². The van der Waals surface area contributed by atoms with E-state index in [4.69, 9.17) is 20.3 Å². The van der Waals surface area contributed by atoms with Gasteiger partial charge in [0.2, 0.25) is 0 Å². The molecule has 11 nitrogen and oxygen atoms in total. The average molecular weight is 367 g/mol. The first-order valence-corrected chi connectivity index (χ1v) is 8.23. The average Bonchev–Trinajstić information content (AvgIpc) is 3.15. The first-order chi connectivity index (χ1) is 12.5. The normalized spacial score (nSPS) is 25.8. The number of imidazole rings is 1. The molecule has 5 N–H and O–H groups in total. The fraction of sp³-hybridized carbons (Fsp3) is 0.600. The van der Waals surface area contributed by atoms with E-state index < -0.39 is 30.5 Å². The second-order valence-electron chi connectivity index (χ2n) is 6.06. The molecule has 4 atom stereocenters. The maximum absolute atomic E-state index is 10.4. The highest BCUT2D eigenvalue weighted by molar-refractivity contribution is 5.81. The molecule has 3 heterocycles. The van der Waals surface area contributed by atoms with E-state index in [-0.39, 0.29) is 18.8 Å². The molecular formula is C15H21N5O6. The lowest BCUT2D eigenvalue weighted by molar-refractivity contribution is -0.137. The van der Waals surface area contributed by atoms with Gasteiger partial charge in [0.15, 0.2) is 17.7 Å². The van der Waals surface area contributed by atoms with Crippen LogP contribution in [0.3, 0.4) is 0 Å². The molecule has 0 bridgehead atoms. The Morgan fingerprint density at radius 1 is 1.27 bits per heavy atom. The highest BCUT2D eigenvalue weighted by Crippen LogP contribution is 2.32. The van der Waals surface area contributed by atoms with E-state index in [2.05, 4.69) is 15.0 Å². The third kappa shape index (κ3) is 3.75. The number of unbranched alkanes of at least 4 members (excludes halogenated alkanes) is 1. The molecule has 2 aromatic heterocycles. The Bertz CT molecular complexity index is 768. The minimum atomic E-state index is -1.19. The number of carbonyl (C=O) groups is 1. The number of aromatic nitrogens is 4. The van der Waals surface area contributed by atoms with Crippen molar-refractivity contribution in [1.82, 2.24) is 19.5 Å². The van der Waals surface area contributed by atoms with Crippen LogP contribution in [-0.4, -0.2) is 72.3 Å². The van der Waals surface area contributed by atoms with Gasteiger partial charge in [0, 0.05) is 13.0 Å². The van der Waals surface area contributed by atoms with Crippen molar-refractivity contribution in [2.24, 2.45) is 0 Å². The number of rotatable bonds is 8. The maximum Gasteiger partial charge on any atom is 0.303 e. The van der Waals surface area contributed by atoms with Gasteiger partial charge in [-0.15, -0.1) is 0 Å². The Balaban J connectivity index is 1.59. The number of hydrogen-bond acceptors (Lipinski definition) is 9. The van der Waals surface area contributed by atoms with Gasteiger partial charge < -0.3 is 30.5 Å². The topological polar surface area (TPSA) is 166 Å². The van der Waals surface area contributed by atoms with Crippen molar-refractivity contribution < 1.29 is 29.6 Å². The number of hydrogen-bond donors (Lipinski definition) is 4. The van der Waals surface area contributed by atoms with Crippen LogP contribution in [0.2, 0.25) is 0 Å². The first kappa shape index (κ1) is 18.5. The lowest BCUT2D eigenvalue weighted by Crippen LogP contribution is -2.33. The molecule has 3 rings (SSSR count). The second kappa shape index (κ2) is 7.91. The number of aliphatic hydroxyl groups excluding tert-OH is 2. The standard InChI is InChI=1S/C15H21N5O6/c16-13-10-14(18-6-17-13)20(7-19-10)15-12(24)11(23)8(26-15)5-25-4-2-1-3-9(21)22/h6-8,11-12,15,23-24H,1-5H2,(H,21,22)(H2,16,17,18)/t8-,11-,12-,15-/m1/s1. The molecule has 1 aliphatic rings. The summed E-state index contributed by atoms with van der Waals surface area (Å²) in [7, 11) is 0. The molecule has 2 aromatic rings. The van der Waals surface area contributed by atoms with E-state index in [1.54, 1.807) is 0 Å². The largest absolute Gasteiger partial charge is 0.481 e. The maximum atomic E-state index is 10.4. The van der Waals surface area contributed by atoms with Crippen LogP contribution in [0.25, 0.3) is 11.2 Å². The van der Waals surface area contributed by atoms with Crippen molar-refractivity contribution in [3.05, 3.63) is 12.7 Å². The molecule has 11 heteroatoms. The predicted octanol–water partition coefficient (Wildman–Crippen LogP) is -0.701. The van der Waals surface area contributed by atoms with Gasteiger partial charge in [-0.1, -0.05) is 0 Å². The molecule has 0 saturated carbocycles.